The van der Waals surface area contributed by atoms with E-state index in [0.717, 1.165) is 5.69 Å². The number of methoxy groups -OCH3 is 1. The first-order valence-electron chi connectivity index (χ1n) is 6.60. The van der Waals surface area contributed by atoms with Gasteiger partial charge in [0.05, 0.1) is 13.0 Å². The number of hydrogen-bond donors (Lipinski definition) is 1. The lowest BCUT2D eigenvalue weighted by molar-refractivity contribution is -0.146. The Bertz CT molecular complexity index is 571. The third-order valence-electron chi connectivity index (χ3n) is 3.60. The Labute approximate surface area is 116 Å². The zero-order valence-corrected chi connectivity index (χ0v) is 11.6. The number of carbonyl (C=O) groups excluding carboxylic acids is 2. The molecule has 1 aliphatic rings. The van der Waals surface area contributed by atoms with E-state index in [2.05, 4.69) is 4.98 Å². The van der Waals surface area contributed by atoms with Crippen LogP contribution in [0.15, 0.2) is 16.9 Å². The number of aromatic amines is 1. The van der Waals surface area contributed by atoms with E-state index in [9.17, 15) is 14.4 Å². The molecule has 0 spiro atoms. The van der Waals surface area contributed by atoms with Crippen molar-refractivity contribution in [2.24, 2.45) is 5.92 Å². The summed E-state index contributed by atoms with van der Waals surface area (Å²) in [5, 5.41) is 0. The highest BCUT2D eigenvalue weighted by Gasteiger charge is 2.29. The Morgan fingerprint density at radius 2 is 1.95 bits per heavy atom. The molecule has 1 amide bonds. The number of esters is 1. The minimum Gasteiger partial charge on any atom is -0.469 e. The van der Waals surface area contributed by atoms with Crippen LogP contribution in [0.1, 0.15) is 28.9 Å². The van der Waals surface area contributed by atoms with Crippen molar-refractivity contribution in [3.05, 3.63) is 33.7 Å². The van der Waals surface area contributed by atoms with Crippen LogP contribution in [-0.2, 0) is 9.53 Å². The molecule has 0 aliphatic carbocycles. The summed E-state index contributed by atoms with van der Waals surface area (Å²) in [4.78, 5) is 39.7. The first-order chi connectivity index (χ1) is 9.52. The number of pyridine rings is 1. The molecule has 2 heterocycles. The molecule has 6 heteroatoms. The van der Waals surface area contributed by atoms with Crippen molar-refractivity contribution in [1.82, 2.24) is 9.88 Å². The van der Waals surface area contributed by atoms with Crippen LogP contribution in [0.4, 0.5) is 0 Å². The first kappa shape index (κ1) is 14.3. The number of amides is 1. The van der Waals surface area contributed by atoms with Gasteiger partial charge >= 0.3 is 5.97 Å². The van der Waals surface area contributed by atoms with Gasteiger partial charge < -0.3 is 14.6 Å². The van der Waals surface area contributed by atoms with Gasteiger partial charge in [0, 0.05) is 18.8 Å². The average molecular weight is 278 g/mol. The average Bonchev–Trinajstić information content (AvgIpc) is 2.46. The lowest BCUT2D eigenvalue weighted by atomic mass is 9.96. The number of carbonyl (C=O) groups is 2. The lowest BCUT2D eigenvalue weighted by Crippen LogP contribution is -2.42. The Hall–Kier alpha value is -2.11. The third-order valence-corrected chi connectivity index (χ3v) is 3.60. The number of nitrogens with zero attached hydrogens (tertiary/aromatic N) is 1. The van der Waals surface area contributed by atoms with Crippen molar-refractivity contribution in [3.63, 3.8) is 0 Å². The summed E-state index contributed by atoms with van der Waals surface area (Å²) in [6, 6.07) is 3.25. The van der Waals surface area contributed by atoms with E-state index in [0.29, 0.717) is 25.9 Å². The molecule has 0 aromatic carbocycles. The van der Waals surface area contributed by atoms with E-state index >= 15 is 0 Å². The van der Waals surface area contributed by atoms with Gasteiger partial charge in [-0.15, -0.1) is 0 Å². The van der Waals surface area contributed by atoms with Gasteiger partial charge in [-0.2, -0.15) is 0 Å². The predicted octanol–water partition coefficient (Wildman–Crippen LogP) is 0.709. The van der Waals surface area contributed by atoms with Crippen LogP contribution in [-0.4, -0.2) is 42.0 Å². The van der Waals surface area contributed by atoms with Gasteiger partial charge in [-0.1, -0.05) is 0 Å². The van der Waals surface area contributed by atoms with E-state index in [1.807, 2.05) is 0 Å². The Kier molecular flexibility index (Phi) is 4.22. The minimum atomic E-state index is -0.370. The zero-order chi connectivity index (χ0) is 14.7. The van der Waals surface area contributed by atoms with Crippen LogP contribution in [0, 0.1) is 12.8 Å². The number of ether oxygens (including phenoxy) is 1. The fraction of sp³-hybridized carbons (Fsp3) is 0.500. The standard InChI is InChI=1S/C14H18N2O4/c1-9-3-4-11(12(17)15-9)13(18)16-7-5-10(6-8-16)14(19)20-2/h3-4,10H,5-8H2,1-2H3,(H,15,17). The molecule has 1 N–H and O–H groups in total. The monoisotopic (exact) mass is 278 g/mol. The van der Waals surface area contributed by atoms with Gasteiger partial charge in [0.15, 0.2) is 0 Å². The number of rotatable bonds is 2. The summed E-state index contributed by atoms with van der Waals surface area (Å²) >= 11 is 0. The van der Waals surface area contributed by atoms with Crippen LogP contribution >= 0.6 is 0 Å². The number of aromatic nitrogens is 1. The SMILES string of the molecule is COC(=O)C1CCN(C(=O)c2ccc(C)[nH]c2=O)CC1. The van der Waals surface area contributed by atoms with E-state index in [1.54, 1.807) is 24.0 Å². The topological polar surface area (TPSA) is 79.5 Å². The van der Waals surface area contributed by atoms with E-state index in [1.165, 1.54) is 7.11 Å². The molecule has 0 bridgehead atoms. The largest absolute Gasteiger partial charge is 0.469 e. The van der Waals surface area contributed by atoms with Crippen molar-refractivity contribution in [3.8, 4) is 0 Å². The number of piperidine rings is 1. The quantitative estimate of drug-likeness (QED) is 0.808. The normalized spacial score (nSPS) is 16.0. The molecular weight excluding hydrogens is 260 g/mol. The highest BCUT2D eigenvalue weighted by molar-refractivity contribution is 5.94. The second-order valence-corrected chi connectivity index (χ2v) is 4.97. The van der Waals surface area contributed by atoms with Crippen molar-refractivity contribution in [2.45, 2.75) is 19.8 Å². The summed E-state index contributed by atoms with van der Waals surface area (Å²) in [5.74, 6) is -0.666. The maximum absolute atomic E-state index is 12.3. The zero-order valence-electron chi connectivity index (χ0n) is 11.6. The number of nitrogens with one attached hydrogen (secondary N) is 1. The molecule has 1 aromatic heterocycles. The Morgan fingerprint density at radius 3 is 2.50 bits per heavy atom. The maximum atomic E-state index is 12.3. The molecule has 0 unspecified atom stereocenters. The lowest BCUT2D eigenvalue weighted by Gasteiger charge is -2.30. The smallest absolute Gasteiger partial charge is 0.308 e. The number of likely N-dealkylation sites (tertiary alicyclic amines) is 1. The van der Waals surface area contributed by atoms with Gasteiger partial charge in [-0.05, 0) is 31.9 Å². The summed E-state index contributed by atoms with van der Waals surface area (Å²) in [7, 11) is 1.37. The van der Waals surface area contributed by atoms with Crippen molar-refractivity contribution >= 4 is 11.9 Å². The van der Waals surface area contributed by atoms with Gasteiger partial charge in [-0.25, -0.2) is 0 Å². The summed E-state index contributed by atoms with van der Waals surface area (Å²) in [5.41, 5.74) is 0.494. The third kappa shape index (κ3) is 2.89. The summed E-state index contributed by atoms with van der Waals surface area (Å²) < 4.78 is 4.70. The Balaban J connectivity index is 2.05. The van der Waals surface area contributed by atoms with E-state index in [4.69, 9.17) is 4.74 Å². The van der Waals surface area contributed by atoms with Crippen LogP contribution in [0.3, 0.4) is 0 Å². The van der Waals surface area contributed by atoms with Crippen LogP contribution < -0.4 is 5.56 Å². The number of hydrogen-bond acceptors (Lipinski definition) is 4. The number of aryl methyl sites for hydroxylation is 1. The fourth-order valence-electron chi connectivity index (χ4n) is 2.40. The van der Waals surface area contributed by atoms with Crippen LogP contribution in [0.2, 0.25) is 0 Å². The molecule has 1 saturated heterocycles. The first-order valence-corrected chi connectivity index (χ1v) is 6.60. The van der Waals surface area contributed by atoms with E-state index in [-0.39, 0.29) is 28.9 Å². The molecule has 108 valence electrons. The van der Waals surface area contributed by atoms with Crippen molar-refractivity contribution < 1.29 is 14.3 Å². The minimum absolute atomic E-state index is 0.145. The molecule has 0 saturated carbocycles. The molecule has 0 radical (unpaired) electrons. The second-order valence-electron chi connectivity index (χ2n) is 4.97. The molecule has 1 fully saturated rings. The molecule has 1 aliphatic heterocycles. The molecular formula is C14H18N2O4. The second kappa shape index (κ2) is 5.90. The van der Waals surface area contributed by atoms with Gasteiger partial charge in [-0.3, -0.25) is 14.4 Å². The molecule has 2 rings (SSSR count). The van der Waals surface area contributed by atoms with Crippen molar-refractivity contribution in [2.75, 3.05) is 20.2 Å². The van der Waals surface area contributed by atoms with Crippen LogP contribution in [0.25, 0.3) is 0 Å². The summed E-state index contributed by atoms with van der Waals surface area (Å²) in [6.07, 6.45) is 1.14. The van der Waals surface area contributed by atoms with Crippen molar-refractivity contribution in [1.29, 1.82) is 0 Å². The summed E-state index contributed by atoms with van der Waals surface area (Å²) in [6.45, 7) is 2.69. The van der Waals surface area contributed by atoms with E-state index < -0.39 is 0 Å². The molecule has 0 atom stereocenters. The van der Waals surface area contributed by atoms with Gasteiger partial charge in [0.25, 0.3) is 11.5 Å². The highest BCUT2D eigenvalue weighted by atomic mass is 16.5. The highest BCUT2D eigenvalue weighted by Crippen LogP contribution is 2.19. The Morgan fingerprint density at radius 1 is 1.30 bits per heavy atom. The van der Waals surface area contributed by atoms with Gasteiger partial charge in [0.2, 0.25) is 0 Å². The molecule has 20 heavy (non-hydrogen) atoms. The maximum Gasteiger partial charge on any atom is 0.308 e. The number of H-pyrrole nitrogens is 1. The molecule has 6 nitrogen and oxygen atoms in total. The predicted molar refractivity (Wildman–Crippen MR) is 72.4 cm³/mol. The molecule has 1 aromatic rings. The van der Waals surface area contributed by atoms with Crippen LogP contribution in [0.5, 0.6) is 0 Å². The van der Waals surface area contributed by atoms with Gasteiger partial charge in [0.1, 0.15) is 5.56 Å². The fourth-order valence-corrected chi connectivity index (χ4v) is 2.40.